The number of carbonyl (C=O) groups is 2. The summed E-state index contributed by atoms with van der Waals surface area (Å²) in [5.74, 6) is -0.713. The van der Waals surface area contributed by atoms with Gasteiger partial charge in [-0.15, -0.1) is 11.3 Å². The highest BCUT2D eigenvalue weighted by Gasteiger charge is 2.41. The summed E-state index contributed by atoms with van der Waals surface area (Å²) in [7, 11) is 0. The van der Waals surface area contributed by atoms with E-state index in [1.54, 1.807) is 11.3 Å². The minimum atomic E-state index is -0.744. The number of likely N-dealkylation sites (tertiary alicyclic amines) is 1. The van der Waals surface area contributed by atoms with E-state index in [2.05, 4.69) is 6.07 Å². The standard InChI is InChI=1S/C21H29NO4S/c23-20(18-13-15-5-3-1-2-4-6-17(15)27-18)22-10-7-14(8-11-22)19-16(21(24)25)9-12-26-19/h13-14,16,19H,1-12H2,(H,24,25)/t16?,19-/m0/s1. The van der Waals surface area contributed by atoms with Gasteiger partial charge in [-0.05, 0) is 62.5 Å². The zero-order chi connectivity index (χ0) is 18.8. The molecule has 0 bridgehead atoms. The lowest BCUT2D eigenvalue weighted by molar-refractivity contribution is -0.145. The molecule has 1 aliphatic carbocycles. The Morgan fingerprint density at radius 3 is 2.56 bits per heavy atom. The van der Waals surface area contributed by atoms with Crippen LogP contribution in [0.3, 0.4) is 0 Å². The summed E-state index contributed by atoms with van der Waals surface area (Å²) in [6.07, 6.45) is 9.40. The SMILES string of the molecule is O=C(O)C1CCO[C@H]1C1CCN(C(=O)c2cc3c(s2)CCCCCC3)CC1. The third kappa shape index (κ3) is 4.06. The van der Waals surface area contributed by atoms with Gasteiger partial charge >= 0.3 is 5.97 Å². The molecule has 6 heteroatoms. The first kappa shape index (κ1) is 18.9. The van der Waals surface area contributed by atoms with Crippen molar-refractivity contribution in [3.8, 4) is 0 Å². The molecule has 2 fully saturated rings. The van der Waals surface area contributed by atoms with Crippen LogP contribution in [-0.4, -0.2) is 47.7 Å². The molecule has 3 heterocycles. The summed E-state index contributed by atoms with van der Waals surface area (Å²) >= 11 is 1.70. The number of thiophene rings is 1. The highest BCUT2D eigenvalue weighted by atomic mass is 32.1. The van der Waals surface area contributed by atoms with E-state index < -0.39 is 5.97 Å². The van der Waals surface area contributed by atoms with Crippen molar-refractivity contribution in [1.82, 2.24) is 4.90 Å². The first-order valence-corrected chi connectivity index (χ1v) is 11.2. The van der Waals surface area contributed by atoms with E-state index in [-0.39, 0.29) is 23.8 Å². The summed E-state index contributed by atoms with van der Waals surface area (Å²) in [6.45, 7) is 1.96. The first-order valence-electron chi connectivity index (χ1n) is 10.4. The zero-order valence-electron chi connectivity index (χ0n) is 15.8. The number of carbonyl (C=O) groups excluding carboxylic acids is 1. The van der Waals surface area contributed by atoms with Crippen LogP contribution in [0, 0.1) is 11.8 Å². The lowest BCUT2D eigenvalue weighted by Crippen LogP contribution is -2.43. The number of aryl methyl sites for hydroxylation is 2. The van der Waals surface area contributed by atoms with Gasteiger partial charge in [0.2, 0.25) is 0 Å². The van der Waals surface area contributed by atoms with Crippen molar-refractivity contribution in [3.63, 3.8) is 0 Å². The Hall–Kier alpha value is -1.40. The van der Waals surface area contributed by atoms with Gasteiger partial charge in [-0.1, -0.05) is 12.8 Å². The molecule has 1 aromatic heterocycles. The maximum atomic E-state index is 13.0. The van der Waals surface area contributed by atoms with Crippen molar-refractivity contribution in [2.75, 3.05) is 19.7 Å². The fraction of sp³-hybridized carbons (Fsp3) is 0.714. The van der Waals surface area contributed by atoms with Crippen LogP contribution < -0.4 is 0 Å². The number of hydrogen-bond acceptors (Lipinski definition) is 4. The normalized spacial score (nSPS) is 27.0. The van der Waals surface area contributed by atoms with Gasteiger partial charge in [0.25, 0.3) is 5.91 Å². The highest BCUT2D eigenvalue weighted by molar-refractivity contribution is 7.14. The summed E-state index contributed by atoms with van der Waals surface area (Å²) < 4.78 is 5.74. The molecule has 0 spiro atoms. The number of hydrogen-bond donors (Lipinski definition) is 1. The number of aliphatic carboxylic acids is 1. The van der Waals surface area contributed by atoms with E-state index in [4.69, 9.17) is 4.74 Å². The molecule has 4 rings (SSSR count). The van der Waals surface area contributed by atoms with E-state index >= 15 is 0 Å². The Balaban J connectivity index is 1.37. The molecule has 0 aromatic carbocycles. The van der Waals surface area contributed by atoms with Crippen LogP contribution in [0.4, 0.5) is 0 Å². The van der Waals surface area contributed by atoms with Crippen LogP contribution in [0.25, 0.3) is 0 Å². The molecule has 0 radical (unpaired) electrons. The third-order valence-electron chi connectivity index (χ3n) is 6.45. The van der Waals surface area contributed by atoms with Crippen molar-refractivity contribution < 1.29 is 19.4 Å². The fourth-order valence-corrected chi connectivity index (χ4v) is 6.10. The van der Waals surface area contributed by atoms with Gasteiger partial charge in [-0.2, -0.15) is 0 Å². The van der Waals surface area contributed by atoms with Crippen LogP contribution in [0.2, 0.25) is 0 Å². The van der Waals surface area contributed by atoms with Crippen molar-refractivity contribution in [2.24, 2.45) is 11.8 Å². The molecule has 27 heavy (non-hydrogen) atoms. The monoisotopic (exact) mass is 391 g/mol. The molecule has 0 saturated carbocycles. The number of amides is 1. The summed E-state index contributed by atoms with van der Waals surface area (Å²) in [5, 5.41) is 9.38. The first-order chi connectivity index (χ1) is 13.1. The number of ether oxygens (including phenoxy) is 1. The molecule has 148 valence electrons. The van der Waals surface area contributed by atoms with E-state index in [0.717, 1.165) is 30.6 Å². The van der Waals surface area contributed by atoms with E-state index in [1.165, 1.54) is 36.1 Å². The van der Waals surface area contributed by atoms with Crippen LogP contribution >= 0.6 is 11.3 Å². The van der Waals surface area contributed by atoms with Crippen LogP contribution in [0.15, 0.2) is 6.07 Å². The molecule has 5 nitrogen and oxygen atoms in total. The summed E-state index contributed by atoms with van der Waals surface area (Å²) in [5.41, 5.74) is 1.39. The van der Waals surface area contributed by atoms with Crippen LogP contribution in [0.1, 0.15) is 65.1 Å². The van der Waals surface area contributed by atoms with Crippen molar-refractivity contribution in [2.45, 2.75) is 63.9 Å². The van der Waals surface area contributed by atoms with Gasteiger partial charge in [-0.3, -0.25) is 9.59 Å². The molecule has 1 amide bonds. The van der Waals surface area contributed by atoms with Gasteiger partial charge < -0.3 is 14.7 Å². The van der Waals surface area contributed by atoms with Crippen LogP contribution in [-0.2, 0) is 22.4 Å². The van der Waals surface area contributed by atoms with Gasteiger partial charge in [0.05, 0.1) is 16.9 Å². The second-order valence-electron chi connectivity index (χ2n) is 8.17. The second-order valence-corrected chi connectivity index (χ2v) is 9.31. The minimum absolute atomic E-state index is 0.160. The lowest BCUT2D eigenvalue weighted by atomic mass is 9.84. The molecule has 1 aromatic rings. The predicted octanol–water partition coefficient (Wildman–Crippen LogP) is 3.75. The highest BCUT2D eigenvalue weighted by Crippen LogP contribution is 2.34. The average molecular weight is 392 g/mol. The smallest absolute Gasteiger partial charge is 0.309 e. The number of carboxylic acid groups (broad SMARTS) is 1. The van der Waals surface area contributed by atoms with Gasteiger partial charge in [-0.25, -0.2) is 0 Å². The molecule has 2 atom stereocenters. The third-order valence-corrected chi connectivity index (χ3v) is 7.68. The largest absolute Gasteiger partial charge is 0.481 e. The Morgan fingerprint density at radius 2 is 1.81 bits per heavy atom. The molecular formula is C21H29NO4S. The second kappa shape index (κ2) is 8.31. The molecule has 2 saturated heterocycles. The zero-order valence-corrected chi connectivity index (χ0v) is 16.6. The molecule has 3 aliphatic rings. The number of rotatable bonds is 3. The number of nitrogens with zero attached hydrogens (tertiary/aromatic N) is 1. The molecule has 1 unspecified atom stereocenters. The summed E-state index contributed by atoms with van der Waals surface area (Å²) in [4.78, 5) is 28.7. The predicted molar refractivity (Wildman–Crippen MR) is 104 cm³/mol. The minimum Gasteiger partial charge on any atom is -0.481 e. The maximum Gasteiger partial charge on any atom is 0.309 e. The van der Waals surface area contributed by atoms with Crippen molar-refractivity contribution >= 4 is 23.2 Å². The Bertz CT molecular complexity index is 667. The Morgan fingerprint density at radius 1 is 1.07 bits per heavy atom. The Kier molecular flexibility index (Phi) is 5.83. The van der Waals surface area contributed by atoms with Crippen molar-refractivity contribution in [3.05, 3.63) is 21.4 Å². The van der Waals surface area contributed by atoms with E-state index in [0.29, 0.717) is 26.1 Å². The van der Waals surface area contributed by atoms with Crippen LogP contribution in [0.5, 0.6) is 0 Å². The van der Waals surface area contributed by atoms with Crippen molar-refractivity contribution in [1.29, 1.82) is 0 Å². The maximum absolute atomic E-state index is 13.0. The molecule has 1 N–H and O–H groups in total. The average Bonchev–Trinajstić information content (AvgIpc) is 3.29. The molecule has 2 aliphatic heterocycles. The fourth-order valence-electron chi connectivity index (χ4n) is 4.88. The van der Waals surface area contributed by atoms with Gasteiger partial charge in [0.1, 0.15) is 0 Å². The Labute approximate surface area is 164 Å². The topological polar surface area (TPSA) is 66.8 Å². The van der Waals surface area contributed by atoms with Gasteiger partial charge in [0.15, 0.2) is 0 Å². The lowest BCUT2D eigenvalue weighted by Gasteiger charge is -2.35. The van der Waals surface area contributed by atoms with E-state index in [9.17, 15) is 14.7 Å². The number of piperidine rings is 1. The number of carboxylic acids is 1. The summed E-state index contributed by atoms with van der Waals surface area (Å²) in [6, 6.07) is 2.14. The van der Waals surface area contributed by atoms with Gasteiger partial charge in [0, 0.05) is 24.6 Å². The quantitative estimate of drug-likeness (QED) is 0.852. The van der Waals surface area contributed by atoms with E-state index in [1.807, 2.05) is 4.90 Å². The number of fused-ring (bicyclic) bond motifs is 1. The molecular weight excluding hydrogens is 362 g/mol.